The molecule has 0 spiro atoms. The molecule has 11 heavy (non-hydrogen) atoms. The number of ether oxygens (including phenoxy) is 1. The average Bonchev–Trinajstić information content (AvgIpc) is 1.99. The Morgan fingerprint density at radius 1 is 1.55 bits per heavy atom. The van der Waals surface area contributed by atoms with E-state index in [-0.39, 0.29) is 5.97 Å². The fraction of sp³-hybridized carbons (Fsp3) is 0.625. The molecule has 0 aliphatic heterocycles. The molecule has 0 heterocycles. The number of carbonyl (C=O) groups excluding carboxylic acids is 1. The molecule has 0 radical (unpaired) electrons. The van der Waals surface area contributed by atoms with E-state index in [4.69, 9.17) is 0 Å². The third-order valence-electron chi connectivity index (χ3n) is 0.959. The molecule has 0 aromatic carbocycles. The number of rotatable bonds is 5. The second-order valence-electron chi connectivity index (χ2n) is 1.81. The minimum Gasteiger partial charge on any atom is -0.463 e. The number of hydrogen-bond donors (Lipinski definition) is 0. The molecule has 0 saturated heterocycles. The molecule has 0 aromatic rings. The minimum atomic E-state index is -0.246. The standard InChI is InChI=1S/C8H14O2S/c1-3-10-8(9)6-5-7-11-4-2/h5-6H,3-4,7H2,1-2H3/b6-5+. The molecule has 0 amide bonds. The summed E-state index contributed by atoms with van der Waals surface area (Å²) in [5.74, 6) is 1.71. The second kappa shape index (κ2) is 7.66. The number of carbonyl (C=O) groups is 1. The van der Waals surface area contributed by atoms with Crippen LogP contribution in [-0.2, 0) is 9.53 Å². The summed E-state index contributed by atoms with van der Waals surface area (Å²) in [6, 6.07) is 0. The fourth-order valence-electron chi connectivity index (χ4n) is 0.521. The van der Waals surface area contributed by atoms with Gasteiger partial charge < -0.3 is 4.74 Å². The zero-order chi connectivity index (χ0) is 8.53. The smallest absolute Gasteiger partial charge is 0.330 e. The molecule has 0 unspecified atom stereocenters. The van der Waals surface area contributed by atoms with Crippen LogP contribution in [0.1, 0.15) is 13.8 Å². The number of esters is 1. The van der Waals surface area contributed by atoms with E-state index in [0.717, 1.165) is 11.5 Å². The van der Waals surface area contributed by atoms with Gasteiger partial charge in [-0.05, 0) is 12.7 Å². The van der Waals surface area contributed by atoms with Gasteiger partial charge in [0, 0.05) is 11.8 Å². The van der Waals surface area contributed by atoms with Gasteiger partial charge in [-0.25, -0.2) is 4.79 Å². The van der Waals surface area contributed by atoms with Crippen molar-refractivity contribution in [2.45, 2.75) is 13.8 Å². The highest BCUT2D eigenvalue weighted by Gasteiger charge is 1.90. The first-order valence-corrected chi connectivity index (χ1v) is 4.87. The van der Waals surface area contributed by atoms with Crippen molar-refractivity contribution < 1.29 is 9.53 Å². The summed E-state index contributed by atoms with van der Waals surface area (Å²) in [5.41, 5.74) is 0. The van der Waals surface area contributed by atoms with Crippen LogP contribution < -0.4 is 0 Å². The van der Waals surface area contributed by atoms with Crippen molar-refractivity contribution in [3.63, 3.8) is 0 Å². The van der Waals surface area contributed by atoms with Gasteiger partial charge in [-0.3, -0.25) is 0 Å². The van der Waals surface area contributed by atoms with Gasteiger partial charge in [-0.15, -0.1) is 0 Å². The first kappa shape index (κ1) is 10.6. The summed E-state index contributed by atoms with van der Waals surface area (Å²) >= 11 is 1.77. The number of hydrogen-bond acceptors (Lipinski definition) is 3. The summed E-state index contributed by atoms with van der Waals surface area (Å²) in [4.78, 5) is 10.7. The highest BCUT2D eigenvalue weighted by molar-refractivity contribution is 7.99. The molecule has 2 nitrogen and oxygen atoms in total. The van der Waals surface area contributed by atoms with Gasteiger partial charge in [0.2, 0.25) is 0 Å². The Hall–Kier alpha value is -0.440. The van der Waals surface area contributed by atoms with Crippen LogP contribution in [0.3, 0.4) is 0 Å². The van der Waals surface area contributed by atoms with Gasteiger partial charge in [0.05, 0.1) is 6.61 Å². The van der Waals surface area contributed by atoms with Crippen molar-refractivity contribution in [1.29, 1.82) is 0 Å². The van der Waals surface area contributed by atoms with E-state index in [1.54, 1.807) is 18.7 Å². The van der Waals surface area contributed by atoms with E-state index in [0.29, 0.717) is 6.61 Å². The first-order valence-electron chi connectivity index (χ1n) is 3.72. The van der Waals surface area contributed by atoms with Crippen molar-refractivity contribution in [3.8, 4) is 0 Å². The molecule has 0 aliphatic carbocycles. The Balaban J connectivity index is 3.32. The molecular weight excluding hydrogens is 160 g/mol. The highest BCUT2D eigenvalue weighted by atomic mass is 32.2. The Morgan fingerprint density at radius 2 is 2.27 bits per heavy atom. The molecule has 64 valence electrons. The first-order chi connectivity index (χ1) is 5.31. The van der Waals surface area contributed by atoms with Crippen LogP contribution in [-0.4, -0.2) is 24.1 Å². The predicted molar refractivity (Wildman–Crippen MR) is 48.8 cm³/mol. The van der Waals surface area contributed by atoms with Crippen LogP contribution in [0.5, 0.6) is 0 Å². The summed E-state index contributed by atoms with van der Waals surface area (Å²) in [7, 11) is 0. The SMILES string of the molecule is CCOC(=O)/C=C/CSCC. The molecule has 0 N–H and O–H groups in total. The maximum absolute atomic E-state index is 10.7. The van der Waals surface area contributed by atoms with Gasteiger partial charge in [0.1, 0.15) is 0 Å². The van der Waals surface area contributed by atoms with Crippen LogP contribution in [0.2, 0.25) is 0 Å². The largest absolute Gasteiger partial charge is 0.463 e. The lowest BCUT2D eigenvalue weighted by molar-refractivity contribution is -0.137. The van der Waals surface area contributed by atoms with Crippen LogP contribution in [0, 0.1) is 0 Å². The lowest BCUT2D eigenvalue weighted by Crippen LogP contribution is -1.98. The van der Waals surface area contributed by atoms with Gasteiger partial charge in [-0.1, -0.05) is 13.0 Å². The molecular formula is C8H14O2S. The van der Waals surface area contributed by atoms with Gasteiger partial charge in [-0.2, -0.15) is 11.8 Å². The summed E-state index contributed by atoms with van der Waals surface area (Å²) in [6.45, 7) is 4.33. The Labute approximate surface area is 72.0 Å². The van der Waals surface area contributed by atoms with E-state index in [1.165, 1.54) is 6.08 Å². The average molecular weight is 174 g/mol. The molecule has 0 atom stereocenters. The Morgan fingerprint density at radius 3 is 2.82 bits per heavy atom. The minimum absolute atomic E-state index is 0.246. The zero-order valence-electron chi connectivity index (χ0n) is 7.00. The van der Waals surface area contributed by atoms with Gasteiger partial charge >= 0.3 is 5.97 Å². The number of thioether (sulfide) groups is 1. The van der Waals surface area contributed by atoms with E-state index < -0.39 is 0 Å². The normalized spacial score (nSPS) is 10.4. The summed E-state index contributed by atoms with van der Waals surface area (Å²) in [5, 5.41) is 0. The van der Waals surface area contributed by atoms with Crippen molar-refractivity contribution in [3.05, 3.63) is 12.2 Å². The predicted octanol–water partition coefficient (Wildman–Crippen LogP) is 1.86. The molecule has 0 bridgehead atoms. The third-order valence-corrected chi connectivity index (χ3v) is 1.80. The van der Waals surface area contributed by atoms with Crippen molar-refractivity contribution in [1.82, 2.24) is 0 Å². The second-order valence-corrected chi connectivity index (χ2v) is 3.13. The van der Waals surface area contributed by atoms with Crippen molar-refractivity contribution in [2.75, 3.05) is 18.1 Å². The van der Waals surface area contributed by atoms with Crippen LogP contribution in [0.4, 0.5) is 0 Å². The fourth-order valence-corrected chi connectivity index (χ4v) is 0.989. The monoisotopic (exact) mass is 174 g/mol. The van der Waals surface area contributed by atoms with Gasteiger partial charge in [0.25, 0.3) is 0 Å². The molecule has 0 aromatic heterocycles. The molecule has 0 aliphatic rings. The Kier molecular flexibility index (Phi) is 7.36. The van der Waals surface area contributed by atoms with E-state index >= 15 is 0 Å². The molecule has 3 heteroatoms. The maximum Gasteiger partial charge on any atom is 0.330 e. The quantitative estimate of drug-likeness (QED) is 0.361. The van der Waals surface area contributed by atoms with Crippen molar-refractivity contribution in [2.24, 2.45) is 0 Å². The van der Waals surface area contributed by atoms with Crippen LogP contribution >= 0.6 is 11.8 Å². The van der Waals surface area contributed by atoms with E-state index in [2.05, 4.69) is 11.7 Å². The summed E-state index contributed by atoms with van der Waals surface area (Å²) < 4.78 is 4.69. The highest BCUT2D eigenvalue weighted by Crippen LogP contribution is 1.97. The molecule has 0 rings (SSSR count). The van der Waals surface area contributed by atoms with E-state index in [1.807, 2.05) is 6.08 Å². The maximum atomic E-state index is 10.7. The van der Waals surface area contributed by atoms with Crippen LogP contribution in [0.15, 0.2) is 12.2 Å². The molecule has 0 fully saturated rings. The lowest BCUT2D eigenvalue weighted by Gasteiger charge is -1.93. The summed E-state index contributed by atoms with van der Waals surface area (Å²) in [6.07, 6.45) is 3.30. The topological polar surface area (TPSA) is 26.3 Å². The third kappa shape index (κ3) is 7.46. The van der Waals surface area contributed by atoms with E-state index in [9.17, 15) is 4.79 Å². The van der Waals surface area contributed by atoms with Crippen molar-refractivity contribution >= 4 is 17.7 Å². The zero-order valence-corrected chi connectivity index (χ0v) is 7.82. The lowest BCUT2D eigenvalue weighted by atomic mass is 10.5. The molecule has 0 saturated carbocycles. The van der Waals surface area contributed by atoms with Crippen LogP contribution in [0.25, 0.3) is 0 Å². The van der Waals surface area contributed by atoms with Gasteiger partial charge in [0.15, 0.2) is 0 Å². The Bertz CT molecular complexity index is 132.